The van der Waals surface area contributed by atoms with Gasteiger partial charge in [-0.25, -0.2) is 8.78 Å². The molecule has 0 aliphatic heterocycles. The van der Waals surface area contributed by atoms with Crippen molar-refractivity contribution in [3.05, 3.63) is 63.6 Å². The molecule has 27 heavy (non-hydrogen) atoms. The quantitative estimate of drug-likeness (QED) is 0.727. The molecule has 0 heterocycles. The summed E-state index contributed by atoms with van der Waals surface area (Å²) in [5.74, 6) is -3.01. The van der Waals surface area contributed by atoms with Crippen LogP contribution in [-0.4, -0.2) is 36.9 Å². The molecular weight excluding hydrogens is 399 g/mol. The van der Waals surface area contributed by atoms with Crippen LogP contribution in [0.1, 0.15) is 5.56 Å². The van der Waals surface area contributed by atoms with E-state index in [-0.39, 0.29) is 24.7 Å². The standard InChI is InChI=1S/C18H17Cl2F2N3O2/c1-25(9-11-2-3-12(19)6-14(11)20)10-18(27)23-8-17(26)24-13-4-5-15(21)16(22)7-13/h2-7H,8-10H2,1H3,(H,23,27)(H,24,26). The maximum atomic E-state index is 13.1. The Labute approximate surface area is 165 Å². The van der Waals surface area contributed by atoms with Crippen LogP contribution in [0, 0.1) is 11.6 Å². The van der Waals surface area contributed by atoms with E-state index in [9.17, 15) is 18.4 Å². The number of carbonyl (C=O) groups excluding carboxylic acids is 2. The molecule has 2 rings (SSSR count). The van der Waals surface area contributed by atoms with Gasteiger partial charge in [0, 0.05) is 28.3 Å². The first-order valence-corrected chi connectivity index (χ1v) is 8.64. The van der Waals surface area contributed by atoms with Crippen molar-refractivity contribution in [1.82, 2.24) is 10.2 Å². The molecule has 0 aliphatic rings. The van der Waals surface area contributed by atoms with Gasteiger partial charge in [0.1, 0.15) is 0 Å². The lowest BCUT2D eigenvalue weighted by atomic mass is 10.2. The number of carbonyl (C=O) groups is 2. The summed E-state index contributed by atoms with van der Waals surface area (Å²) in [5.41, 5.74) is 0.912. The summed E-state index contributed by atoms with van der Waals surface area (Å²) >= 11 is 11.9. The number of benzene rings is 2. The predicted octanol–water partition coefficient (Wildman–Crippen LogP) is 3.46. The third-order valence-corrected chi connectivity index (χ3v) is 4.11. The van der Waals surface area contributed by atoms with E-state index in [2.05, 4.69) is 10.6 Å². The summed E-state index contributed by atoms with van der Waals surface area (Å²) in [6.45, 7) is 0.162. The van der Waals surface area contributed by atoms with Crippen molar-refractivity contribution in [2.75, 3.05) is 25.5 Å². The molecule has 0 fully saturated rings. The van der Waals surface area contributed by atoms with Gasteiger partial charge in [0.15, 0.2) is 11.6 Å². The summed E-state index contributed by atoms with van der Waals surface area (Å²) in [5, 5.41) is 5.85. The SMILES string of the molecule is CN(CC(=O)NCC(=O)Nc1ccc(F)c(F)c1)Cc1ccc(Cl)cc1Cl. The molecule has 2 N–H and O–H groups in total. The molecular formula is C18H17Cl2F2N3O2. The van der Waals surface area contributed by atoms with Gasteiger partial charge in [0.05, 0.1) is 13.1 Å². The van der Waals surface area contributed by atoms with Crippen molar-refractivity contribution in [3.8, 4) is 0 Å². The highest BCUT2D eigenvalue weighted by Crippen LogP contribution is 2.21. The molecule has 0 aromatic heterocycles. The number of nitrogens with zero attached hydrogens (tertiary/aromatic N) is 1. The summed E-state index contributed by atoms with van der Waals surface area (Å²) < 4.78 is 25.9. The van der Waals surface area contributed by atoms with E-state index in [1.807, 2.05) is 0 Å². The van der Waals surface area contributed by atoms with Gasteiger partial charge in [-0.3, -0.25) is 14.5 Å². The topological polar surface area (TPSA) is 61.4 Å². The van der Waals surface area contributed by atoms with Crippen molar-refractivity contribution in [3.63, 3.8) is 0 Å². The normalized spacial score (nSPS) is 10.7. The summed E-state index contributed by atoms with van der Waals surface area (Å²) in [6.07, 6.45) is 0. The Morgan fingerprint density at radius 2 is 1.78 bits per heavy atom. The molecule has 0 spiro atoms. The first kappa shape index (κ1) is 21.1. The number of nitrogens with one attached hydrogen (secondary N) is 2. The molecule has 0 atom stereocenters. The predicted molar refractivity (Wildman–Crippen MR) is 101 cm³/mol. The van der Waals surface area contributed by atoms with Gasteiger partial charge in [0.25, 0.3) is 0 Å². The number of halogens is 4. The molecule has 2 aromatic carbocycles. The highest BCUT2D eigenvalue weighted by molar-refractivity contribution is 6.35. The van der Waals surface area contributed by atoms with Gasteiger partial charge >= 0.3 is 0 Å². The van der Waals surface area contributed by atoms with Crippen LogP contribution in [0.3, 0.4) is 0 Å². The average Bonchev–Trinajstić information content (AvgIpc) is 2.59. The van der Waals surface area contributed by atoms with Gasteiger partial charge in [-0.2, -0.15) is 0 Å². The first-order valence-electron chi connectivity index (χ1n) is 7.88. The van der Waals surface area contributed by atoms with E-state index in [0.717, 1.165) is 17.7 Å². The highest BCUT2D eigenvalue weighted by Gasteiger charge is 2.11. The monoisotopic (exact) mass is 415 g/mol. The molecule has 0 saturated carbocycles. The fourth-order valence-corrected chi connectivity index (χ4v) is 2.72. The molecule has 144 valence electrons. The molecule has 0 unspecified atom stereocenters. The van der Waals surface area contributed by atoms with Gasteiger partial charge in [0.2, 0.25) is 11.8 Å². The first-order chi connectivity index (χ1) is 12.7. The Morgan fingerprint density at radius 3 is 2.44 bits per heavy atom. The minimum atomic E-state index is -1.07. The Kier molecular flexibility index (Phi) is 7.53. The lowest BCUT2D eigenvalue weighted by Gasteiger charge is -2.17. The minimum Gasteiger partial charge on any atom is -0.346 e. The van der Waals surface area contributed by atoms with E-state index >= 15 is 0 Å². The summed E-state index contributed by atoms with van der Waals surface area (Å²) in [6, 6.07) is 8.09. The molecule has 0 radical (unpaired) electrons. The molecule has 0 saturated heterocycles. The third-order valence-electron chi connectivity index (χ3n) is 3.52. The van der Waals surface area contributed by atoms with Crippen molar-refractivity contribution < 1.29 is 18.4 Å². The van der Waals surface area contributed by atoms with Crippen LogP contribution in [0.25, 0.3) is 0 Å². The molecule has 9 heteroatoms. The number of amides is 2. The van der Waals surface area contributed by atoms with Gasteiger partial charge in [-0.15, -0.1) is 0 Å². The van der Waals surface area contributed by atoms with Crippen molar-refractivity contribution in [2.45, 2.75) is 6.54 Å². The van der Waals surface area contributed by atoms with E-state index < -0.39 is 17.5 Å². The third kappa shape index (κ3) is 6.78. The second kappa shape index (κ2) is 9.64. The second-order valence-corrected chi connectivity index (χ2v) is 6.71. The van der Waals surface area contributed by atoms with E-state index in [4.69, 9.17) is 23.2 Å². The smallest absolute Gasteiger partial charge is 0.243 e. The molecule has 0 aliphatic carbocycles. The Morgan fingerprint density at radius 1 is 1.04 bits per heavy atom. The number of rotatable bonds is 7. The molecule has 2 amide bonds. The summed E-state index contributed by atoms with van der Waals surface area (Å²) in [7, 11) is 1.73. The van der Waals surface area contributed by atoms with Gasteiger partial charge in [-0.05, 0) is 36.9 Å². The van der Waals surface area contributed by atoms with Gasteiger partial charge < -0.3 is 10.6 Å². The zero-order chi connectivity index (χ0) is 20.0. The fraction of sp³-hybridized carbons (Fsp3) is 0.222. The number of likely N-dealkylation sites (N-methyl/N-ethyl adjacent to an activating group) is 1. The van der Waals surface area contributed by atoms with Crippen LogP contribution in [-0.2, 0) is 16.1 Å². The Balaban J connectivity index is 1.77. The second-order valence-electron chi connectivity index (χ2n) is 5.86. The highest BCUT2D eigenvalue weighted by atomic mass is 35.5. The number of anilines is 1. The average molecular weight is 416 g/mol. The Bertz CT molecular complexity index is 849. The molecule has 2 aromatic rings. The van der Waals surface area contributed by atoms with Crippen molar-refractivity contribution in [1.29, 1.82) is 0 Å². The minimum absolute atomic E-state index is 0.0391. The molecule has 5 nitrogen and oxygen atoms in total. The zero-order valence-corrected chi connectivity index (χ0v) is 15.9. The van der Waals surface area contributed by atoms with Crippen molar-refractivity contribution in [2.24, 2.45) is 0 Å². The largest absolute Gasteiger partial charge is 0.346 e. The summed E-state index contributed by atoms with van der Waals surface area (Å²) in [4.78, 5) is 25.4. The number of hydrogen-bond acceptors (Lipinski definition) is 3. The van der Waals surface area contributed by atoms with Crippen LogP contribution in [0.2, 0.25) is 10.0 Å². The van der Waals surface area contributed by atoms with E-state index in [1.54, 1.807) is 30.1 Å². The fourth-order valence-electron chi connectivity index (χ4n) is 2.26. The van der Waals surface area contributed by atoms with Gasteiger partial charge in [-0.1, -0.05) is 29.3 Å². The van der Waals surface area contributed by atoms with E-state index in [1.165, 1.54) is 6.07 Å². The van der Waals surface area contributed by atoms with Crippen LogP contribution < -0.4 is 10.6 Å². The van der Waals surface area contributed by atoms with Crippen LogP contribution in [0.5, 0.6) is 0 Å². The van der Waals surface area contributed by atoms with Crippen LogP contribution in [0.4, 0.5) is 14.5 Å². The van der Waals surface area contributed by atoms with Crippen LogP contribution >= 0.6 is 23.2 Å². The lowest BCUT2D eigenvalue weighted by Crippen LogP contribution is -2.39. The molecule has 0 bridgehead atoms. The lowest BCUT2D eigenvalue weighted by molar-refractivity contribution is -0.124. The van der Waals surface area contributed by atoms with Crippen molar-refractivity contribution >= 4 is 40.7 Å². The van der Waals surface area contributed by atoms with E-state index in [0.29, 0.717) is 16.6 Å². The van der Waals surface area contributed by atoms with Crippen LogP contribution in [0.15, 0.2) is 36.4 Å². The maximum Gasteiger partial charge on any atom is 0.243 e. The maximum absolute atomic E-state index is 13.1. The Hall–Kier alpha value is -2.22. The number of hydrogen-bond donors (Lipinski definition) is 2. The zero-order valence-electron chi connectivity index (χ0n) is 14.4.